The molecule has 0 aromatic carbocycles. The van der Waals surface area contributed by atoms with Gasteiger partial charge in [-0.05, 0) is 31.4 Å². The van der Waals surface area contributed by atoms with Crippen molar-refractivity contribution in [1.29, 1.82) is 0 Å². The SMILES string of the molecule is CCOC(CCCN)(OCC)[P+](=O)O. The lowest BCUT2D eigenvalue weighted by Gasteiger charge is -2.20. The highest BCUT2D eigenvalue weighted by Crippen LogP contribution is 2.41. The van der Waals surface area contributed by atoms with Gasteiger partial charge < -0.3 is 15.2 Å². The van der Waals surface area contributed by atoms with Crippen LogP contribution in [0.4, 0.5) is 0 Å². The van der Waals surface area contributed by atoms with Crippen LogP contribution in [0.2, 0.25) is 0 Å². The Bertz CT molecular complexity index is 171. The molecule has 0 aromatic heterocycles. The van der Waals surface area contributed by atoms with Gasteiger partial charge in [-0.25, -0.2) is 0 Å². The van der Waals surface area contributed by atoms with Crippen LogP contribution in [0.5, 0.6) is 0 Å². The summed E-state index contributed by atoms with van der Waals surface area (Å²) in [5, 5.41) is 0. The summed E-state index contributed by atoms with van der Waals surface area (Å²) < 4.78 is 21.6. The predicted molar refractivity (Wildman–Crippen MR) is 54.1 cm³/mol. The van der Waals surface area contributed by atoms with Crippen molar-refractivity contribution in [2.75, 3.05) is 19.8 Å². The van der Waals surface area contributed by atoms with Gasteiger partial charge >= 0.3 is 13.6 Å². The number of rotatable bonds is 8. The summed E-state index contributed by atoms with van der Waals surface area (Å²) in [5.74, 6) is 0. The number of nitrogens with two attached hydrogens (primary N) is 1. The molecule has 1 atom stereocenters. The van der Waals surface area contributed by atoms with Crippen LogP contribution in [-0.4, -0.2) is 30.2 Å². The van der Waals surface area contributed by atoms with Crippen LogP contribution in [0.3, 0.4) is 0 Å². The Hall–Kier alpha value is -0.0600. The fourth-order valence-electron chi connectivity index (χ4n) is 1.17. The van der Waals surface area contributed by atoms with Crippen molar-refractivity contribution in [2.24, 2.45) is 5.73 Å². The van der Waals surface area contributed by atoms with E-state index >= 15 is 0 Å². The normalized spacial score (nSPS) is 13.0. The molecule has 3 N–H and O–H groups in total. The first kappa shape index (κ1) is 13.9. The third-order valence-corrected chi connectivity index (χ3v) is 2.79. The van der Waals surface area contributed by atoms with Gasteiger partial charge in [0.25, 0.3) is 0 Å². The molecule has 0 aliphatic rings. The minimum atomic E-state index is -2.52. The van der Waals surface area contributed by atoms with Crippen molar-refractivity contribution in [3.63, 3.8) is 0 Å². The monoisotopic (exact) mass is 224 g/mol. The maximum atomic E-state index is 11.2. The van der Waals surface area contributed by atoms with Gasteiger partial charge in [0.1, 0.15) is 0 Å². The maximum absolute atomic E-state index is 11.2. The molecule has 0 radical (unpaired) electrons. The number of ether oxygens (including phenoxy) is 2. The molecule has 0 saturated carbocycles. The van der Waals surface area contributed by atoms with E-state index in [0.29, 0.717) is 32.6 Å². The van der Waals surface area contributed by atoms with Crippen molar-refractivity contribution >= 4 is 8.03 Å². The molecule has 0 heterocycles. The van der Waals surface area contributed by atoms with Gasteiger partial charge in [-0.2, -0.15) is 4.89 Å². The Labute approximate surface area is 85.4 Å². The molecule has 84 valence electrons. The highest BCUT2D eigenvalue weighted by molar-refractivity contribution is 7.39. The number of hydrogen-bond acceptors (Lipinski definition) is 4. The third kappa shape index (κ3) is 3.98. The Morgan fingerprint density at radius 1 is 1.36 bits per heavy atom. The molecule has 0 fully saturated rings. The zero-order chi connectivity index (χ0) is 11.0. The largest absolute Gasteiger partial charge is 0.573 e. The maximum Gasteiger partial charge on any atom is 0.573 e. The molecule has 0 saturated heterocycles. The molecule has 1 unspecified atom stereocenters. The van der Waals surface area contributed by atoms with E-state index in [9.17, 15) is 4.57 Å². The van der Waals surface area contributed by atoms with Crippen LogP contribution in [0, 0.1) is 0 Å². The molecule has 14 heavy (non-hydrogen) atoms. The lowest BCUT2D eigenvalue weighted by Crippen LogP contribution is -2.33. The highest BCUT2D eigenvalue weighted by Gasteiger charge is 2.51. The van der Waals surface area contributed by atoms with Crippen LogP contribution in [-0.2, 0) is 14.0 Å². The first-order valence-corrected chi connectivity index (χ1v) is 5.98. The van der Waals surface area contributed by atoms with E-state index < -0.39 is 13.6 Å². The molecule has 0 aliphatic carbocycles. The fraction of sp³-hybridized carbons (Fsp3) is 1.00. The second-order valence-corrected chi connectivity index (χ2v) is 3.97. The zero-order valence-electron chi connectivity index (χ0n) is 8.73. The fourth-order valence-corrected chi connectivity index (χ4v) is 2.00. The van der Waals surface area contributed by atoms with Gasteiger partial charge in [-0.15, -0.1) is 0 Å². The molecule has 0 bridgehead atoms. The summed E-state index contributed by atoms with van der Waals surface area (Å²) in [4.78, 5) is 9.17. The number of hydrogen-bond donors (Lipinski definition) is 2. The molecule has 0 aromatic rings. The second-order valence-electron chi connectivity index (χ2n) is 2.74. The van der Waals surface area contributed by atoms with Gasteiger partial charge in [0.05, 0.1) is 19.6 Å². The van der Waals surface area contributed by atoms with Crippen molar-refractivity contribution in [2.45, 2.75) is 32.2 Å². The average Bonchev–Trinajstić information content (AvgIpc) is 2.14. The molecule has 0 amide bonds. The van der Waals surface area contributed by atoms with E-state index in [0.717, 1.165) is 0 Å². The van der Waals surface area contributed by atoms with Crippen LogP contribution >= 0.6 is 8.03 Å². The standard InChI is InChI=1S/C8H18NO4P/c1-3-12-8(13-4-2,14(10)11)6-5-7-9/h3-7,9H2,1-2H3/p+1. The Balaban J connectivity index is 4.46. The van der Waals surface area contributed by atoms with E-state index in [-0.39, 0.29) is 0 Å². The Morgan fingerprint density at radius 2 is 1.86 bits per heavy atom. The van der Waals surface area contributed by atoms with E-state index in [1.54, 1.807) is 13.8 Å². The minimum Gasteiger partial charge on any atom is -0.330 e. The molecule has 5 nitrogen and oxygen atoms in total. The lowest BCUT2D eigenvalue weighted by molar-refractivity contribution is -0.179. The second kappa shape index (κ2) is 7.26. The van der Waals surface area contributed by atoms with E-state index in [1.165, 1.54) is 0 Å². The van der Waals surface area contributed by atoms with Crippen molar-refractivity contribution < 1.29 is 18.9 Å². The first-order chi connectivity index (χ1) is 6.63. The van der Waals surface area contributed by atoms with E-state index in [2.05, 4.69) is 0 Å². The van der Waals surface area contributed by atoms with Crippen LogP contribution < -0.4 is 5.73 Å². The molecular weight excluding hydrogens is 205 g/mol. The quantitative estimate of drug-likeness (QED) is 0.478. The summed E-state index contributed by atoms with van der Waals surface area (Å²) in [6.45, 7) is 4.65. The van der Waals surface area contributed by atoms with Crippen molar-refractivity contribution in [3.05, 3.63) is 0 Å². The Morgan fingerprint density at radius 3 is 2.14 bits per heavy atom. The molecule has 0 aliphatic heterocycles. The van der Waals surface area contributed by atoms with Crippen LogP contribution in [0.15, 0.2) is 0 Å². The average molecular weight is 224 g/mol. The summed E-state index contributed by atoms with van der Waals surface area (Å²) in [6.07, 6.45) is 0.943. The predicted octanol–water partition coefficient (Wildman–Crippen LogP) is 1.19. The van der Waals surface area contributed by atoms with Gasteiger partial charge in [-0.1, -0.05) is 0 Å². The molecular formula is C8H19NO4P+. The topological polar surface area (TPSA) is 81.8 Å². The molecule has 0 rings (SSSR count). The van der Waals surface area contributed by atoms with Crippen molar-refractivity contribution in [3.8, 4) is 0 Å². The molecule has 0 spiro atoms. The zero-order valence-corrected chi connectivity index (χ0v) is 9.63. The summed E-state index contributed by atoms with van der Waals surface area (Å²) in [6, 6.07) is 0. The van der Waals surface area contributed by atoms with E-state index in [1.807, 2.05) is 0 Å². The van der Waals surface area contributed by atoms with Gasteiger partial charge in [0.15, 0.2) is 0 Å². The minimum absolute atomic E-state index is 0.339. The van der Waals surface area contributed by atoms with Gasteiger partial charge in [-0.3, -0.25) is 0 Å². The highest BCUT2D eigenvalue weighted by atomic mass is 31.1. The Kier molecular flexibility index (Phi) is 7.23. The third-order valence-electron chi connectivity index (χ3n) is 1.73. The van der Waals surface area contributed by atoms with Gasteiger partial charge in [0.2, 0.25) is 0 Å². The molecule has 6 heteroatoms. The summed E-state index contributed by atoms with van der Waals surface area (Å²) in [7, 11) is -2.52. The summed E-state index contributed by atoms with van der Waals surface area (Å²) >= 11 is 0. The first-order valence-electron chi connectivity index (χ1n) is 4.77. The summed E-state index contributed by atoms with van der Waals surface area (Å²) in [5.41, 5.74) is 3.98. The van der Waals surface area contributed by atoms with E-state index in [4.69, 9.17) is 20.1 Å². The van der Waals surface area contributed by atoms with Gasteiger partial charge in [0, 0.05) is 0 Å². The van der Waals surface area contributed by atoms with Crippen LogP contribution in [0.25, 0.3) is 0 Å². The smallest absolute Gasteiger partial charge is 0.330 e. The lowest BCUT2D eigenvalue weighted by atomic mass is 10.3. The van der Waals surface area contributed by atoms with Crippen LogP contribution in [0.1, 0.15) is 26.7 Å². The van der Waals surface area contributed by atoms with Crippen molar-refractivity contribution in [1.82, 2.24) is 0 Å².